The van der Waals surface area contributed by atoms with E-state index < -0.39 is 0 Å². The predicted molar refractivity (Wildman–Crippen MR) is 76.5 cm³/mol. The van der Waals surface area contributed by atoms with Crippen molar-refractivity contribution in [2.24, 2.45) is 5.84 Å². The van der Waals surface area contributed by atoms with Crippen molar-refractivity contribution in [3.8, 4) is 0 Å². The number of rotatable bonds is 3. The number of hydrazine groups is 1. The average Bonchev–Trinajstić information content (AvgIpc) is 2.91. The topological polar surface area (TPSA) is 38.0 Å². The fourth-order valence-electron chi connectivity index (χ4n) is 3.02. The Balaban J connectivity index is 1.99. The summed E-state index contributed by atoms with van der Waals surface area (Å²) in [4.78, 5) is 1.42. The Kier molecular flexibility index (Phi) is 3.64. The smallest absolute Gasteiger partial charge is 0.128 e. The molecule has 1 heterocycles. The van der Waals surface area contributed by atoms with E-state index in [1.807, 2.05) is 12.1 Å². The Morgan fingerprint density at radius 1 is 1.32 bits per heavy atom. The summed E-state index contributed by atoms with van der Waals surface area (Å²) in [6, 6.07) is 8.89. The fraction of sp³-hybridized carbons (Fsp3) is 0.333. The number of hydrogen-bond acceptors (Lipinski definition) is 3. The number of fused-ring (bicyclic) bond motifs is 1. The molecule has 2 unspecified atom stereocenters. The van der Waals surface area contributed by atoms with E-state index in [1.165, 1.54) is 16.5 Å². The van der Waals surface area contributed by atoms with E-state index in [4.69, 9.17) is 5.84 Å². The van der Waals surface area contributed by atoms with Crippen molar-refractivity contribution in [2.75, 3.05) is 0 Å². The molecule has 2 nitrogen and oxygen atoms in total. The van der Waals surface area contributed by atoms with Gasteiger partial charge in [-0.1, -0.05) is 18.2 Å². The standard InChI is InChI=1S/C15H17FN2S/c16-13-6-2-1-4-12(13)15(18-17)11-5-3-7-14-10(11)8-9-19-14/h1-2,4,6,8-9,11,15,18H,3,5,7,17H2. The van der Waals surface area contributed by atoms with Gasteiger partial charge >= 0.3 is 0 Å². The van der Waals surface area contributed by atoms with E-state index >= 15 is 0 Å². The van der Waals surface area contributed by atoms with Crippen molar-refractivity contribution in [3.05, 3.63) is 57.5 Å². The minimum absolute atomic E-state index is 0.158. The summed E-state index contributed by atoms with van der Waals surface area (Å²) in [5.41, 5.74) is 4.82. The Hall–Kier alpha value is -1.23. The number of nitrogens with two attached hydrogens (primary N) is 1. The molecule has 4 heteroatoms. The zero-order chi connectivity index (χ0) is 13.2. The maximum absolute atomic E-state index is 14.0. The summed E-state index contributed by atoms with van der Waals surface area (Å²) < 4.78 is 14.0. The van der Waals surface area contributed by atoms with Crippen molar-refractivity contribution in [2.45, 2.75) is 31.2 Å². The highest BCUT2D eigenvalue weighted by Gasteiger charge is 2.30. The molecular formula is C15H17FN2S. The lowest BCUT2D eigenvalue weighted by Crippen LogP contribution is -2.34. The third-order valence-corrected chi connectivity index (χ3v) is 4.92. The highest BCUT2D eigenvalue weighted by molar-refractivity contribution is 7.10. The number of nitrogens with one attached hydrogen (secondary N) is 1. The minimum Gasteiger partial charge on any atom is -0.271 e. The molecule has 0 fully saturated rings. The molecule has 19 heavy (non-hydrogen) atoms. The van der Waals surface area contributed by atoms with Crippen LogP contribution < -0.4 is 11.3 Å². The number of thiophene rings is 1. The van der Waals surface area contributed by atoms with Gasteiger partial charge in [0, 0.05) is 16.4 Å². The van der Waals surface area contributed by atoms with Crippen molar-refractivity contribution in [1.82, 2.24) is 5.43 Å². The molecule has 2 atom stereocenters. The van der Waals surface area contributed by atoms with Gasteiger partial charge in [-0.2, -0.15) is 0 Å². The van der Waals surface area contributed by atoms with E-state index in [1.54, 1.807) is 17.4 Å². The first-order chi connectivity index (χ1) is 9.31. The number of hydrogen-bond donors (Lipinski definition) is 2. The number of halogens is 1. The van der Waals surface area contributed by atoms with Crippen molar-refractivity contribution < 1.29 is 4.39 Å². The fourth-order valence-corrected chi connectivity index (χ4v) is 4.01. The number of benzene rings is 1. The highest BCUT2D eigenvalue weighted by atomic mass is 32.1. The largest absolute Gasteiger partial charge is 0.271 e. The van der Waals surface area contributed by atoms with E-state index in [0.29, 0.717) is 5.56 Å². The van der Waals surface area contributed by atoms with E-state index in [9.17, 15) is 4.39 Å². The summed E-state index contributed by atoms with van der Waals surface area (Å²) in [5, 5.41) is 2.12. The second-order valence-electron chi connectivity index (χ2n) is 4.96. The molecule has 1 aliphatic carbocycles. The predicted octanol–water partition coefficient (Wildman–Crippen LogP) is 3.51. The molecular weight excluding hydrogens is 259 g/mol. The van der Waals surface area contributed by atoms with Crippen molar-refractivity contribution in [1.29, 1.82) is 0 Å². The molecule has 2 aromatic rings. The normalized spacial score (nSPS) is 20.0. The first-order valence-electron chi connectivity index (χ1n) is 6.58. The van der Waals surface area contributed by atoms with Crippen LogP contribution in [0.1, 0.15) is 40.8 Å². The molecule has 3 N–H and O–H groups in total. The Morgan fingerprint density at radius 3 is 2.95 bits per heavy atom. The van der Waals surface area contributed by atoms with Gasteiger partial charge in [-0.05, 0) is 42.3 Å². The molecule has 1 aliphatic rings. The summed E-state index contributed by atoms with van der Waals surface area (Å²) in [5.74, 6) is 5.79. The third-order valence-electron chi connectivity index (χ3n) is 3.92. The van der Waals surface area contributed by atoms with Gasteiger partial charge in [-0.3, -0.25) is 11.3 Å². The minimum atomic E-state index is -0.187. The first-order valence-corrected chi connectivity index (χ1v) is 7.46. The lowest BCUT2D eigenvalue weighted by molar-refractivity contribution is 0.398. The van der Waals surface area contributed by atoms with Crippen LogP contribution in [0.25, 0.3) is 0 Å². The SMILES string of the molecule is NNC(c1ccccc1F)C1CCCc2sccc21. The van der Waals surface area contributed by atoms with Gasteiger partial charge in [-0.15, -0.1) is 11.3 Å². The Morgan fingerprint density at radius 2 is 2.16 bits per heavy atom. The third kappa shape index (κ3) is 2.31. The maximum atomic E-state index is 14.0. The van der Waals surface area contributed by atoms with Crippen LogP contribution in [0.2, 0.25) is 0 Å². The molecule has 100 valence electrons. The van der Waals surface area contributed by atoms with Gasteiger partial charge in [0.15, 0.2) is 0 Å². The van der Waals surface area contributed by atoms with Gasteiger partial charge in [0.1, 0.15) is 5.82 Å². The summed E-state index contributed by atoms with van der Waals surface area (Å²) in [7, 11) is 0. The van der Waals surface area contributed by atoms with E-state index in [2.05, 4.69) is 16.9 Å². The van der Waals surface area contributed by atoms with Gasteiger partial charge in [0.25, 0.3) is 0 Å². The monoisotopic (exact) mass is 276 g/mol. The van der Waals surface area contributed by atoms with Crippen molar-refractivity contribution in [3.63, 3.8) is 0 Å². The van der Waals surface area contributed by atoms with E-state index in [0.717, 1.165) is 19.3 Å². The Labute approximate surface area is 116 Å². The molecule has 0 saturated heterocycles. The molecule has 3 rings (SSSR count). The molecule has 0 bridgehead atoms. The zero-order valence-electron chi connectivity index (χ0n) is 10.6. The van der Waals surface area contributed by atoms with Crippen LogP contribution in [-0.2, 0) is 6.42 Å². The van der Waals surface area contributed by atoms with Crippen LogP contribution in [0.3, 0.4) is 0 Å². The van der Waals surface area contributed by atoms with Gasteiger partial charge in [0.05, 0.1) is 6.04 Å². The lowest BCUT2D eigenvalue weighted by atomic mass is 9.80. The molecule has 1 aromatic heterocycles. The molecule has 0 amide bonds. The van der Waals surface area contributed by atoms with Crippen LogP contribution in [0.5, 0.6) is 0 Å². The summed E-state index contributed by atoms with van der Waals surface area (Å²) in [6.07, 6.45) is 3.33. The van der Waals surface area contributed by atoms with Gasteiger partial charge in [-0.25, -0.2) is 4.39 Å². The lowest BCUT2D eigenvalue weighted by Gasteiger charge is -2.30. The average molecular weight is 276 g/mol. The highest BCUT2D eigenvalue weighted by Crippen LogP contribution is 2.42. The van der Waals surface area contributed by atoms with Crippen LogP contribution in [0, 0.1) is 5.82 Å². The van der Waals surface area contributed by atoms with Crippen LogP contribution in [-0.4, -0.2) is 0 Å². The molecule has 0 radical (unpaired) electrons. The van der Waals surface area contributed by atoms with E-state index in [-0.39, 0.29) is 17.8 Å². The van der Waals surface area contributed by atoms with Crippen LogP contribution in [0.15, 0.2) is 35.7 Å². The molecule has 1 aromatic carbocycles. The van der Waals surface area contributed by atoms with Gasteiger partial charge in [0.2, 0.25) is 0 Å². The van der Waals surface area contributed by atoms with Crippen LogP contribution >= 0.6 is 11.3 Å². The second-order valence-corrected chi connectivity index (χ2v) is 5.96. The molecule has 0 spiro atoms. The maximum Gasteiger partial charge on any atom is 0.128 e. The summed E-state index contributed by atoms with van der Waals surface area (Å²) in [6.45, 7) is 0. The van der Waals surface area contributed by atoms with Crippen LogP contribution in [0.4, 0.5) is 4.39 Å². The number of aryl methyl sites for hydroxylation is 1. The Bertz CT molecular complexity index is 567. The quantitative estimate of drug-likeness (QED) is 0.665. The summed E-state index contributed by atoms with van der Waals surface area (Å²) >= 11 is 1.79. The molecule has 0 aliphatic heterocycles. The molecule has 0 saturated carbocycles. The zero-order valence-corrected chi connectivity index (χ0v) is 11.4. The van der Waals surface area contributed by atoms with Gasteiger partial charge < -0.3 is 0 Å². The van der Waals surface area contributed by atoms with Crippen molar-refractivity contribution >= 4 is 11.3 Å². The first kappa shape index (κ1) is 12.8. The second kappa shape index (κ2) is 5.41.